The number of aryl methyl sites for hydroxylation is 1. The number of hydrogen-bond acceptors (Lipinski definition) is 3. The van der Waals surface area contributed by atoms with E-state index in [0.717, 1.165) is 43.4 Å². The molecule has 0 atom stereocenters. The third-order valence-electron chi connectivity index (χ3n) is 4.78. The quantitative estimate of drug-likeness (QED) is 0.307. The molecule has 0 spiro atoms. The summed E-state index contributed by atoms with van der Waals surface area (Å²) in [6.45, 7) is 4.16. The first kappa shape index (κ1) is 19.4. The summed E-state index contributed by atoms with van der Waals surface area (Å²) in [5, 5.41) is 12.5. The van der Waals surface area contributed by atoms with Crippen molar-refractivity contribution in [1.29, 1.82) is 5.26 Å². The van der Waals surface area contributed by atoms with Crippen LogP contribution in [0.1, 0.15) is 22.0 Å². The van der Waals surface area contributed by atoms with Gasteiger partial charge in [0.1, 0.15) is 11.1 Å². The van der Waals surface area contributed by atoms with E-state index in [-0.39, 0.29) is 0 Å². The van der Waals surface area contributed by atoms with Gasteiger partial charge in [0.2, 0.25) is 0 Å². The Morgan fingerprint density at radius 2 is 1.83 bits per heavy atom. The average molecular weight is 460 g/mol. The van der Waals surface area contributed by atoms with Crippen molar-refractivity contribution in [3.8, 4) is 23.0 Å². The fourth-order valence-electron chi connectivity index (χ4n) is 3.36. The molecule has 142 valence electrons. The number of rotatable bonds is 4. The van der Waals surface area contributed by atoms with E-state index in [0.29, 0.717) is 5.57 Å². The van der Waals surface area contributed by atoms with Gasteiger partial charge in [-0.3, -0.25) is 0 Å². The second kappa shape index (κ2) is 8.20. The van der Waals surface area contributed by atoms with Gasteiger partial charge in [0, 0.05) is 32.5 Å². The van der Waals surface area contributed by atoms with Gasteiger partial charge < -0.3 is 4.57 Å². The molecule has 0 fully saturated rings. The molecule has 2 aromatic carbocycles. The maximum atomic E-state index is 9.77. The topological polar surface area (TPSA) is 41.6 Å². The van der Waals surface area contributed by atoms with E-state index in [1.165, 1.54) is 11.3 Å². The highest BCUT2D eigenvalue weighted by atomic mass is 79.9. The Kier molecular flexibility index (Phi) is 5.48. The third-order valence-corrected chi connectivity index (χ3v) is 6.18. The van der Waals surface area contributed by atoms with E-state index in [4.69, 9.17) is 4.98 Å². The molecule has 0 N–H and O–H groups in total. The number of nitrogens with zero attached hydrogens (tertiary/aromatic N) is 3. The fraction of sp³-hybridized carbons (Fsp3) is 0.0833. The minimum atomic E-state index is 0.577. The van der Waals surface area contributed by atoms with Crippen LogP contribution in [-0.4, -0.2) is 9.55 Å². The lowest BCUT2D eigenvalue weighted by molar-refractivity contribution is 0.964. The van der Waals surface area contributed by atoms with Crippen molar-refractivity contribution in [2.24, 2.45) is 0 Å². The molecule has 0 aliphatic rings. The number of halogens is 1. The highest BCUT2D eigenvalue weighted by molar-refractivity contribution is 9.10. The molecule has 4 rings (SSSR count). The van der Waals surface area contributed by atoms with Crippen LogP contribution in [0.4, 0.5) is 0 Å². The minimum Gasteiger partial charge on any atom is -0.318 e. The standard InChI is InChI=1S/C24H18BrN3S/c1-16-12-19(17(2)28(16)22-10-8-21(25)9-11-22)13-20(14-26)24-27-23(15-29-24)18-6-4-3-5-7-18/h3-13,15H,1-2H3. The van der Waals surface area contributed by atoms with Gasteiger partial charge in [-0.25, -0.2) is 4.98 Å². The zero-order valence-electron chi connectivity index (χ0n) is 16.1. The fourth-order valence-corrected chi connectivity index (χ4v) is 4.42. The van der Waals surface area contributed by atoms with Gasteiger partial charge in [0.25, 0.3) is 0 Å². The van der Waals surface area contributed by atoms with Crippen LogP contribution in [0, 0.1) is 25.2 Å². The molecule has 0 aliphatic heterocycles. The van der Waals surface area contributed by atoms with Crippen molar-refractivity contribution in [3.05, 3.63) is 92.5 Å². The van der Waals surface area contributed by atoms with Crippen molar-refractivity contribution in [2.75, 3.05) is 0 Å². The van der Waals surface area contributed by atoms with Crippen molar-refractivity contribution >= 4 is 38.9 Å². The summed E-state index contributed by atoms with van der Waals surface area (Å²) >= 11 is 4.98. The van der Waals surface area contributed by atoms with Crippen LogP contribution in [-0.2, 0) is 0 Å². The molecule has 0 amide bonds. The molecular formula is C24H18BrN3S. The molecule has 0 saturated heterocycles. The van der Waals surface area contributed by atoms with Crippen LogP contribution in [0.25, 0.3) is 28.6 Å². The summed E-state index contributed by atoms with van der Waals surface area (Å²) in [5.74, 6) is 0. The van der Waals surface area contributed by atoms with Gasteiger partial charge in [-0.2, -0.15) is 5.26 Å². The van der Waals surface area contributed by atoms with Gasteiger partial charge in [0.05, 0.1) is 11.3 Å². The van der Waals surface area contributed by atoms with Crippen molar-refractivity contribution in [2.45, 2.75) is 13.8 Å². The summed E-state index contributed by atoms with van der Waals surface area (Å²) < 4.78 is 3.25. The first-order valence-corrected chi connectivity index (χ1v) is 10.8. The molecular weight excluding hydrogens is 442 g/mol. The maximum Gasteiger partial charge on any atom is 0.134 e. The monoisotopic (exact) mass is 459 g/mol. The minimum absolute atomic E-state index is 0.577. The summed E-state index contributed by atoms with van der Waals surface area (Å²) in [4.78, 5) is 4.69. The van der Waals surface area contributed by atoms with Crippen LogP contribution < -0.4 is 0 Å². The Hall–Kier alpha value is -2.94. The lowest BCUT2D eigenvalue weighted by Crippen LogP contribution is -1.98. The Balaban J connectivity index is 1.72. The lowest BCUT2D eigenvalue weighted by Gasteiger charge is -2.09. The van der Waals surface area contributed by atoms with Gasteiger partial charge in [-0.05, 0) is 55.8 Å². The number of nitriles is 1. The average Bonchev–Trinajstić information content (AvgIpc) is 3.33. The number of benzene rings is 2. The van der Waals surface area contributed by atoms with Crippen LogP contribution >= 0.6 is 27.3 Å². The van der Waals surface area contributed by atoms with Crippen LogP contribution in [0.15, 0.2) is 70.5 Å². The molecule has 29 heavy (non-hydrogen) atoms. The van der Waals surface area contributed by atoms with E-state index < -0.39 is 0 Å². The third kappa shape index (κ3) is 3.95. The molecule has 0 radical (unpaired) electrons. The SMILES string of the molecule is Cc1cc(C=C(C#N)c2nc(-c3ccccc3)cs2)c(C)n1-c1ccc(Br)cc1. The zero-order valence-corrected chi connectivity index (χ0v) is 18.5. The smallest absolute Gasteiger partial charge is 0.134 e. The first-order chi connectivity index (χ1) is 14.1. The molecule has 0 saturated carbocycles. The molecule has 2 heterocycles. The Bertz CT molecular complexity index is 1230. The second-order valence-electron chi connectivity index (χ2n) is 6.71. The Morgan fingerprint density at radius 3 is 2.52 bits per heavy atom. The largest absolute Gasteiger partial charge is 0.318 e. The maximum absolute atomic E-state index is 9.77. The normalized spacial score (nSPS) is 11.4. The van der Waals surface area contributed by atoms with Gasteiger partial charge in [-0.15, -0.1) is 11.3 Å². The van der Waals surface area contributed by atoms with E-state index in [9.17, 15) is 5.26 Å². The first-order valence-electron chi connectivity index (χ1n) is 9.15. The van der Waals surface area contributed by atoms with E-state index in [1.54, 1.807) is 0 Å². The number of aromatic nitrogens is 2. The van der Waals surface area contributed by atoms with E-state index in [2.05, 4.69) is 58.6 Å². The highest BCUT2D eigenvalue weighted by Gasteiger charge is 2.13. The lowest BCUT2D eigenvalue weighted by atomic mass is 10.1. The summed E-state index contributed by atoms with van der Waals surface area (Å²) in [7, 11) is 0. The Morgan fingerprint density at radius 1 is 1.10 bits per heavy atom. The van der Waals surface area contributed by atoms with Crippen molar-refractivity contribution < 1.29 is 0 Å². The summed E-state index contributed by atoms with van der Waals surface area (Å²) in [5.41, 5.74) is 6.87. The molecule has 0 unspecified atom stereocenters. The van der Waals surface area contributed by atoms with Crippen LogP contribution in [0.5, 0.6) is 0 Å². The number of thiazole rings is 1. The van der Waals surface area contributed by atoms with E-state index in [1.807, 2.05) is 53.9 Å². The highest BCUT2D eigenvalue weighted by Crippen LogP contribution is 2.29. The van der Waals surface area contributed by atoms with Crippen LogP contribution in [0.3, 0.4) is 0 Å². The molecule has 3 nitrogen and oxygen atoms in total. The number of allylic oxidation sites excluding steroid dienone is 1. The van der Waals surface area contributed by atoms with Crippen LogP contribution in [0.2, 0.25) is 0 Å². The van der Waals surface area contributed by atoms with Gasteiger partial charge in [0.15, 0.2) is 0 Å². The predicted molar refractivity (Wildman–Crippen MR) is 124 cm³/mol. The molecule has 2 aromatic heterocycles. The van der Waals surface area contributed by atoms with Crippen molar-refractivity contribution in [1.82, 2.24) is 9.55 Å². The number of hydrogen-bond donors (Lipinski definition) is 0. The van der Waals surface area contributed by atoms with Gasteiger partial charge >= 0.3 is 0 Å². The predicted octanol–water partition coefficient (Wildman–Crippen LogP) is 7.04. The van der Waals surface area contributed by atoms with E-state index >= 15 is 0 Å². The molecule has 0 bridgehead atoms. The molecule has 4 aromatic rings. The molecule has 5 heteroatoms. The van der Waals surface area contributed by atoms with Crippen molar-refractivity contribution in [3.63, 3.8) is 0 Å². The summed E-state index contributed by atoms with van der Waals surface area (Å²) in [6.07, 6.45) is 1.94. The second-order valence-corrected chi connectivity index (χ2v) is 8.49. The summed E-state index contributed by atoms with van der Waals surface area (Å²) in [6, 6.07) is 22.7. The molecule has 0 aliphatic carbocycles. The van der Waals surface area contributed by atoms with Gasteiger partial charge in [-0.1, -0.05) is 46.3 Å². The zero-order chi connectivity index (χ0) is 20.4. The Labute approximate surface area is 182 Å².